The normalized spacial score (nSPS) is 15.9. The number of nitrogen functional groups attached to an aromatic ring is 1. The lowest BCUT2D eigenvalue weighted by atomic mass is 10.1. The summed E-state index contributed by atoms with van der Waals surface area (Å²) < 4.78 is 15.7. The molecule has 3 N–H and O–H groups in total. The van der Waals surface area contributed by atoms with E-state index in [-0.39, 0.29) is 23.9 Å². The van der Waals surface area contributed by atoms with Gasteiger partial charge in [-0.2, -0.15) is 10.2 Å². The van der Waals surface area contributed by atoms with E-state index in [9.17, 15) is 9.59 Å². The van der Waals surface area contributed by atoms with Crippen LogP contribution in [0.5, 0.6) is 23.0 Å². The molecule has 2 aliphatic heterocycles. The summed E-state index contributed by atoms with van der Waals surface area (Å²) in [6.45, 7) is 9.81. The van der Waals surface area contributed by atoms with E-state index in [1.165, 1.54) is 18.5 Å². The van der Waals surface area contributed by atoms with Gasteiger partial charge in [0.1, 0.15) is 58.7 Å². The number of ether oxygens (including phenoxy) is 2. The van der Waals surface area contributed by atoms with E-state index in [2.05, 4.69) is 38.4 Å². The molecule has 2 fully saturated rings. The van der Waals surface area contributed by atoms with Gasteiger partial charge in [0.05, 0.1) is 22.9 Å². The van der Waals surface area contributed by atoms with Gasteiger partial charge in [0.25, 0.3) is 0 Å². The van der Waals surface area contributed by atoms with Crippen LogP contribution in [-0.4, -0.2) is 94.3 Å². The molecule has 4 aromatic carbocycles. The second-order valence-electron chi connectivity index (χ2n) is 16.2. The molecule has 10 rings (SSSR count). The van der Waals surface area contributed by atoms with E-state index >= 15 is 0 Å². The molecule has 0 unspecified atom stereocenters. The molecule has 16 nitrogen and oxygen atoms in total. The molecule has 2 atom stereocenters. The zero-order valence-electron chi connectivity index (χ0n) is 37.1. The third kappa shape index (κ3) is 9.40. The first-order valence-electron chi connectivity index (χ1n) is 22.2. The molecule has 16 heteroatoms. The van der Waals surface area contributed by atoms with E-state index in [0.29, 0.717) is 48.0 Å². The van der Waals surface area contributed by atoms with Gasteiger partial charge in [0.2, 0.25) is 11.8 Å². The number of rotatable bonds is 11. The number of carbonyl (C=O) groups is 2. The third-order valence-corrected chi connectivity index (χ3v) is 11.9. The van der Waals surface area contributed by atoms with Crippen LogP contribution in [0.4, 0.5) is 11.6 Å². The fourth-order valence-corrected chi connectivity index (χ4v) is 8.65. The first-order valence-corrected chi connectivity index (χ1v) is 22.2. The van der Waals surface area contributed by atoms with Gasteiger partial charge in [-0.15, -0.1) is 0 Å². The highest BCUT2D eigenvalue weighted by atomic mass is 16.5. The maximum absolute atomic E-state index is 12.2. The Labute approximate surface area is 387 Å². The number of nitrogens with one attached hydrogen (secondary N) is 1. The van der Waals surface area contributed by atoms with Crippen molar-refractivity contribution in [3.05, 3.63) is 147 Å². The van der Waals surface area contributed by atoms with Crippen molar-refractivity contribution >= 4 is 45.5 Å². The number of para-hydroxylation sites is 2. The molecule has 0 aliphatic carbocycles. The Hall–Kier alpha value is -8.40. The Kier molecular flexibility index (Phi) is 12.9. The van der Waals surface area contributed by atoms with Crippen LogP contribution >= 0.6 is 0 Å². The van der Waals surface area contributed by atoms with Crippen molar-refractivity contribution < 1.29 is 19.1 Å². The SMILES string of the molecule is C=CC(=O)N1CCC[C@@H](n2nc(-c3ccc(Oc4ccccc4)cc3)c3c(N)ncnc32)C1.C=CC(=O)N1CCC[C@@H](n2nc(-c3ccc(Oc4ccccc4)cc3)c3c(NC)ncnc32)C1. The molecule has 4 aromatic heterocycles. The molecule has 8 aromatic rings. The Morgan fingerprint density at radius 2 is 1.04 bits per heavy atom. The summed E-state index contributed by atoms with van der Waals surface area (Å²) in [6.07, 6.45) is 9.31. The summed E-state index contributed by atoms with van der Waals surface area (Å²) >= 11 is 0. The lowest BCUT2D eigenvalue weighted by Gasteiger charge is -2.32. The van der Waals surface area contributed by atoms with E-state index in [4.69, 9.17) is 25.4 Å². The molecule has 2 saturated heterocycles. The summed E-state index contributed by atoms with van der Waals surface area (Å²) in [4.78, 5) is 45.7. The van der Waals surface area contributed by atoms with Crippen molar-refractivity contribution in [2.75, 3.05) is 44.3 Å². The number of benzene rings is 4. The second-order valence-corrected chi connectivity index (χ2v) is 16.2. The lowest BCUT2D eigenvalue weighted by molar-refractivity contribution is -0.128. The number of piperidine rings is 2. The van der Waals surface area contributed by atoms with Gasteiger partial charge in [0, 0.05) is 44.4 Å². The van der Waals surface area contributed by atoms with E-state index < -0.39 is 0 Å². The molecule has 0 radical (unpaired) electrons. The number of nitrogens with two attached hydrogens (primary N) is 1. The fourth-order valence-electron chi connectivity index (χ4n) is 8.65. The van der Waals surface area contributed by atoms with Crippen LogP contribution in [0.15, 0.2) is 147 Å². The monoisotopic (exact) mass is 894 g/mol. The molecule has 6 heterocycles. The van der Waals surface area contributed by atoms with Crippen LogP contribution in [-0.2, 0) is 9.59 Å². The molecule has 67 heavy (non-hydrogen) atoms. The minimum atomic E-state index is -0.0699. The van der Waals surface area contributed by atoms with Gasteiger partial charge in [-0.25, -0.2) is 29.3 Å². The smallest absolute Gasteiger partial charge is 0.246 e. The standard InChI is InChI=1S/C26H26N6O2.C25H24N6O2/c1-3-22(33)31-15-7-8-19(16-31)32-26-23(25(27-2)28-17-29-26)24(30-32)18-11-13-21(14-12-18)34-20-9-5-4-6-10-20;1-2-21(32)30-14-6-7-18(15-30)31-25-22(24(26)27-16-28-25)23(29-31)17-10-12-20(13-11-17)33-19-8-4-3-5-9-19/h3-6,9-14,17,19H,1,7-8,15-16H2,2H3,(H,27,28,29);2-5,8-13,16,18H,1,6-7,14-15H2,(H2,26,27,28)/t19-;18-/m11/s1. The van der Waals surface area contributed by atoms with Crippen molar-refractivity contribution in [2.24, 2.45) is 0 Å². The predicted octanol–water partition coefficient (Wildman–Crippen LogP) is 8.89. The van der Waals surface area contributed by atoms with Crippen LogP contribution in [0.2, 0.25) is 0 Å². The number of likely N-dealkylation sites (tertiary alicyclic amines) is 2. The lowest BCUT2D eigenvalue weighted by Crippen LogP contribution is -2.40. The zero-order valence-corrected chi connectivity index (χ0v) is 37.1. The average Bonchev–Trinajstić information content (AvgIpc) is 3.98. The molecule has 0 bridgehead atoms. The fraction of sp³-hybridized carbons (Fsp3) is 0.216. The Bertz CT molecular complexity index is 3030. The maximum Gasteiger partial charge on any atom is 0.246 e. The summed E-state index contributed by atoms with van der Waals surface area (Å²) in [5.41, 5.74) is 11.0. The summed E-state index contributed by atoms with van der Waals surface area (Å²) in [5.74, 6) is 3.99. The number of carbonyl (C=O) groups excluding carboxylic acids is 2. The highest BCUT2D eigenvalue weighted by Crippen LogP contribution is 2.37. The van der Waals surface area contributed by atoms with Crippen LogP contribution < -0.4 is 20.5 Å². The third-order valence-electron chi connectivity index (χ3n) is 11.9. The van der Waals surface area contributed by atoms with E-state index in [0.717, 1.165) is 83.1 Å². The molecule has 2 aliphatic rings. The van der Waals surface area contributed by atoms with Gasteiger partial charge >= 0.3 is 0 Å². The summed E-state index contributed by atoms with van der Waals surface area (Å²) in [5, 5.41) is 14.6. The van der Waals surface area contributed by atoms with Crippen LogP contribution in [0, 0.1) is 0 Å². The first-order chi connectivity index (χ1) is 32.8. The van der Waals surface area contributed by atoms with E-state index in [1.807, 2.05) is 131 Å². The average molecular weight is 895 g/mol. The van der Waals surface area contributed by atoms with Crippen molar-refractivity contribution in [3.63, 3.8) is 0 Å². The van der Waals surface area contributed by atoms with Crippen LogP contribution in [0.1, 0.15) is 37.8 Å². The molecule has 0 spiro atoms. The number of amides is 2. The Morgan fingerprint density at radius 3 is 1.51 bits per heavy atom. The van der Waals surface area contributed by atoms with Gasteiger partial charge < -0.3 is 30.3 Å². The first kappa shape index (κ1) is 43.8. The van der Waals surface area contributed by atoms with Crippen LogP contribution in [0.25, 0.3) is 44.6 Å². The molecule has 338 valence electrons. The summed E-state index contributed by atoms with van der Waals surface area (Å²) in [7, 11) is 1.84. The number of nitrogens with zero attached hydrogens (tertiary/aromatic N) is 10. The number of aromatic nitrogens is 8. The van der Waals surface area contributed by atoms with Gasteiger partial charge in [-0.3, -0.25) is 9.59 Å². The highest BCUT2D eigenvalue weighted by molar-refractivity contribution is 6.00. The number of hydrogen-bond acceptors (Lipinski definition) is 12. The quantitative estimate of drug-likeness (QED) is 0.118. The predicted molar refractivity (Wildman–Crippen MR) is 259 cm³/mol. The van der Waals surface area contributed by atoms with Gasteiger partial charge in [-0.05, 0) is 111 Å². The molecular formula is C51H50N12O4. The van der Waals surface area contributed by atoms with Crippen LogP contribution in [0.3, 0.4) is 0 Å². The van der Waals surface area contributed by atoms with Gasteiger partial charge in [0.15, 0.2) is 11.3 Å². The Morgan fingerprint density at radius 1 is 0.612 bits per heavy atom. The van der Waals surface area contributed by atoms with E-state index in [1.54, 1.807) is 11.2 Å². The number of hydrogen-bond donors (Lipinski definition) is 2. The molecule has 2 amide bonds. The number of fused-ring (bicyclic) bond motifs is 2. The Balaban J connectivity index is 0.000000168. The minimum absolute atomic E-state index is 0.00566. The molecule has 0 saturated carbocycles. The summed E-state index contributed by atoms with van der Waals surface area (Å²) in [6, 6.07) is 34.9. The van der Waals surface area contributed by atoms with Crippen molar-refractivity contribution in [1.82, 2.24) is 49.3 Å². The van der Waals surface area contributed by atoms with Crippen molar-refractivity contribution in [3.8, 4) is 45.5 Å². The maximum atomic E-state index is 12.2. The minimum Gasteiger partial charge on any atom is -0.457 e. The van der Waals surface area contributed by atoms with Crippen molar-refractivity contribution in [2.45, 2.75) is 37.8 Å². The van der Waals surface area contributed by atoms with Crippen molar-refractivity contribution in [1.29, 1.82) is 0 Å². The largest absolute Gasteiger partial charge is 0.457 e. The van der Waals surface area contributed by atoms with Gasteiger partial charge in [-0.1, -0.05) is 49.6 Å². The molecular weight excluding hydrogens is 845 g/mol. The second kappa shape index (κ2) is 19.8. The topological polar surface area (TPSA) is 184 Å². The zero-order chi connectivity index (χ0) is 46.3. The highest BCUT2D eigenvalue weighted by Gasteiger charge is 2.30. The number of anilines is 2.